The monoisotopic (exact) mass is 395 g/mol. The van der Waals surface area contributed by atoms with Crippen molar-refractivity contribution in [3.05, 3.63) is 52.6 Å². The molecule has 6 heteroatoms. The predicted octanol–water partition coefficient (Wildman–Crippen LogP) is 3.93. The van der Waals surface area contributed by atoms with Gasteiger partial charge in [-0.25, -0.2) is 9.59 Å². The number of hydrogen-bond acceptors (Lipinski definition) is 6. The Morgan fingerprint density at radius 2 is 2.07 bits per heavy atom. The van der Waals surface area contributed by atoms with Gasteiger partial charge in [-0.15, -0.1) is 0 Å². The van der Waals surface area contributed by atoms with Crippen LogP contribution in [0.4, 0.5) is 5.69 Å². The Balaban J connectivity index is 2.19. The topological polar surface area (TPSA) is 87.9 Å². The van der Waals surface area contributed by atoms with Gasteiger partial charge in [0.15, 0.2) is 0 Å². The van der Waals surface area contributed by atoms with E-state index in [1.165, 1.54) is 19.3 Å². The van der Waals surface area contributed by atoms with Crippen LogP contribution in [-0.2, 0) is 20.7 Å². The standard InChI is InChI=1S/C23H25NO5/c1-4-28-20(25)10-8-17-18(24)12-14(2)21(22(17)23(26)27-3)16-7-9-19-15(13-16)6-5-11-29-19/h7-10,12-13H,4-6,11,24H2,1-3H3/b10-8+. The number of esters is 2. The van der Waals surface area contributed by atoms with Crippen molar-refractivity contribution in [1.82, 2.24) is 0 Å². The minimum Gasteiger partial charge on any atom is -0.493 e. The Kier molecular flexibility index (Phi) is 6.22. The molecule has 0 bridgehead atoms. The smallest absolute Gasteiger partial charge is 0.339 e. The first-order valence-electron chi connectivity index (χ1n) is 9.58. The highest BCUT2D eigenvalue weighted by molar-refractivity contribution is 6.05. The third-order valence-corrected chi connectivity index (χ3v) is 4.86. The van der Waals surface area contributed by atoms with E-state index in [4.69, 9.17) is 19.9 Å². The van der Waals surface area contributed by atoms with Gasteiger partial charge in [0.05, 0.1) is 25.9 Å². The van der Waals surface area contributed by atoms with Gasteiger partial charge < -0.3 is 19.9 Å². The van der Waals surface area contributed by atoms with Crippen molar-refractivity contribution in [2.24, 2.45) is 0 Å². The molecule has 2 N–H and O–H groups in total. The van der Waals surface area contributed by atoms with Gasteiger partial charge in [0, 0.05) is 17.3 Å². The number of nitrogen functional groups attached to an aromatic ring is 1. The molecule has 0 atom stereocenters. The van der Waals surface area contributed by atoms with Gasteiger partial charge >= 0.3 is 11.9 Å². The second kappa shape index (κ2) is 8.82. The first-order chi connectivity index (χ1) is 14.0. The molecule has 6 nitrogen and oxygen atoms in total. The molecule has 1 heterocycles. The maximum atomic E-state index is 12.7. The molecule has 0 fully saturated rings. The average Bonchev–Trinajstić information content (AvgIpc) is 2.72. The van der Waals surface area contributed by atoms with Gasteiger partial charge in [0.25, 0.3) is 0 Å². The van der Waals surface area contributed by atoms with Crippen LogP contribution < -0.4 is 10.5 Å². The molecule has 0 radical (unpaired) electrons. The molecule has 1 aliphatic rings. The van der Waals surface area contributed by atoms with Crippen LogP contribution in [0.25, 0.3) is 17.2 Å². The summed E-state index contributed by atoms with van der Waals surface area (Å²) < 4.78 is 15.7. The number of methoxy groups -OCH3 is 1. The molecule has 0 spiro atoms. The molecule has 2 aromatic carbocycles. The summed E-state index contributed by atoms with van der Waals surface area (Å²) in [5, 5.41) is 0. The van der Waals surface area contributed by atoms with Gasteiger partial charge in [0.1, 0.15) is 5.75 Å². The zero-order valence-corrected chi connectivity index (χ0v) is 16.9. The fourth-order valence-electron chi connectivity index (χ4n) is 3.58. The summed E-state index contributed by atoms with van der Waals surface area (Å²) in [5.74, 6) is -0.154. The van der Waals surface area contributed by atoms with Crippen LogP contribution in [0.2, 0.25) is 0 Å². The van der Waals surface area contributed by atoms with Crippen molar-refractivity contribution in [3.8, 4) is 16.9 Å². The lowest BCUT2D eigenvalue weighted by Crippen LogP contribution is -2.11. The molecule has 0 aromatic heterocycles. The maximum absolute atomic E-state index is 12.7. The second-order valence-electron chi connectivity index (χ2n) is 6.80. The zero-order chi connectivity index (χ0) is 21.0. The lowest BCUT2D eigenvalue weighted by molar-refractivity contribution is -0.137. The first kappa shape index (κ1) is 20.5. The summed E-state index contributed by atoms with van der Waals surface area (Å²) in [6, 6.07) is 7.68. The molecule has 2 aromatic rings. The van der Waals surface area contributed by atoms with E-state index < -0.39 is 11.9 Å². The Morgan fingerprint density at radius 3 is 2.79 bits per heavy atom. The van der Waals surface area contributed by atoms with E-state index in [0.29, 0.717) is 23.4 Å². The molecule has 29 heavy (non-hydrogen) atoms. The highest BCUT2D eigenvalue weighted by atomic mass is 16.5. The van der Waals surface area contributed by atoms with Crippen LogP contribution in [0.1, 0.15) is 40.4 Å². The quantitative estimate of drug-likeness (QED) is 0.469. The maximum Gasteiger partial charge on any atom is 0.339 e. The minimum atomic E-state index is -0.520. The van der Waals surface area contributed by atoms with Crippen molar-refractivity contribution >= 4 is 23.7 Å². The van der Waals surface area contributed by atoms with E-state index in [9.17, 15) is 9.59 Å². The van der Waals surface area contributed by atoms with Crippen LogP contribution in [0, 0.1) is 6.92 Å². The highest BCUT2D eigenvalue weighted by Gasteiger charge is 2.23. The molecule has 0 amide bonds. The van der Waals surface area contributed by atoms with Gasteiger partial charge in [0.2, 0.25) is 0 Å². The van der Waals surface area contributed by atoms with Crippen molar-refractivity contribution in [3.63, 3.8) is 0 Å². The number of benzene rings is 2. The molecule has 0 unspecified atom stereocenters. The lowest BCUT2D eigenvalue weighted by atomic mass is 9.88. The van der Waals surface area contributed by atoms with Gasteiger partial charge in [-0.05, 0) is 73.2 Å². The molecule has 0 aliphatic carbocycles. The average molecular weight is 395 g/mol. The second-order valence-corrected chi connectivity index (χ2v) is 6.80. The third kappa shape index (κ3) is 4.26. The van der Waals surface area contributed by atoms with E-state index in [-0.39, 0.29) is 6.61 Å². The van der Waals surface area contributed by atoms with Gasteiger partial charge in [-0.2, -0.15) is 0 Å². The number of hydrogen-bond donors (Lipinski definition) is 1. The van der Waals surface area contributed by atoms with Gasteiger partial charge in [-0.3, -0.25) is 0 Å². The fraction of sp³-hybridized carbons (Fsp3) is 0.304. The SMILES string of the molecule is CCOC(=O)/C=C/c1c(N)cc(C)c(-c2ccc3c(c2)CCCO3)c1C(=O)OC. The number of carbonyl (C=O) groups excluding carboxylic acids is 2. The number of rotatable bonds is 5. The van der Waals surface area contributed by atoms with Crippen molar-refractivity contribution in [1.29, 1.82) is 0 Å². The summed E-state index contributed by atoms with van der Waals surface area (Å²) in [4.78, 5) is 24.5. The molecular weight excluding hydrogens is 370 g/mol. The fourth-order valence-corrected chi connectivity index (χ4v) is 3.58. The number of aryl methyl sites for hydroxylation is 2. The van der Waals surface area contributed by atoms with Gasteiger partial charge in [-0.1, -0.05) is 6.07 Å². The largest absolute Gasteiger partial charge is 0.493 e. The summed E-state index contributed by atoms with van der Waals surface area (Å²) in [7, 11) is 1.32. The summed E-state index contributed by atoms with van der Waals surface area (Å²) in [5.41, 5.74) is 10.9. The van der Waals surface area contributed by atoms with Crippen molar-refractivity contribution in [2.75, 3.05) is 26.1 Å². The van der Waals surface area contributed by atoms with E-state index in [2.05, 4.69) is 0 Å². The Hall–Kier alpha value is -3.28. The Labute approximate surface area is 170 Å². The molecule has 3 rings (SSSR count). The molecule has 152 valence electrons. The van der Waals surface area contributed by atoms with Crippen molar-refractivity contribution < 1.29 is 23.8 Å². The molecule has 0 saturated heterocycles. The number of fused-ring (bicyclic) bond motifs is 1. The van der Waals surface area contributed by atoms with Crippen molar-refractivity contribution in [2.45, 2.75) is 26.7 Å². The summed E-state index contributed by atoms with van der Waals surface area (Å²) >= 11 is 0. The molecular formula is C23H25NO5. The number of anilines is 1. The Morgan fingerprint density at radius 1 is 1.28 bits per heavy atom. The number of nitrogens with two attached hydrogens (primary N) is 1. The Bertz CT molecular complexity index is 978. The van der Waals surface area contributed by atoms with E-state index in [1.54, 1.807) is 13.0 Å². The van der Waals surface area contributed by atoms with Crippen LogP contribution in [0.3, 0.4) is 0 Å². The zero-order valence-electron chi connectivity index (χ0n) is 16.9. The summed E-state index contributed by atoms with van der Waals surface area (Å²) in [6.45, 7) is 4.60. The van der Waals surface area contributed by atoms with Crippen LogP contribution in [0.15, 0.2) is 30.3 Å². The summed E-state index contributed by atoms with van der Waals surface area (Å²) in [6.07, 6.45) is 4.64. The highest BCUT2D eigenvalue weighted by Crippen LogP contribution is 2.37. The predicted molar refractivity (Wildman–Crippen MR) is 112 cm³/mol. The van der Waals surface area contributed by atoms with E-state index in [1.807, 2.05) is 25.1 Å². The third-order valence-electron chi connectivity index (χ3n) is 4.86. The van der Waals surface area contributed by atoms with Crippen LogP contribution in [-0.4, -0.2) is 32.3 Å². The van der Waals surface area contributed by atoms with Crippen LogP contribution in [0.5, 0.6) is 5.75 Å². The first-order valence-corrected chi connectivity index (χ1v) is 9.58. The van der Waals surface area contributed by atoms with E-state index >= 15 is 0 Å². The molecule has 0 saturated carbocycles. The number of carbonyl (C=O) groups is 2. The number of ether oxygens (including phenoxy) is 3. The minimum absolute atomic E-state index is 0.263. The lowest BCUT2D eigenvalue weighted by Gasteiger charge is -2.20. The van der Waals surface area contributed by atoms with E-state index in [0.717, 1.165) is 40.8 Å². The van der Waals surface area contributed by atoms with Crippen LogP contribution >= 0.6 is 0 Å². The normalized spacial score (nSPS) is 12.9. The molecule has 1 aliphatic heterocycles.